The Morgan fingerprint density at radius 2 is 2.19 bits per heavy atom. The average molecular weight is 301 g/mol. The zero-order valence-corrected chi connectivity index (χ0v) is 11.8. The molecule has 3 N–H and O–H groups in total. The van der Waals surface area contributed by atoms with Crippen molar-refractivity contribution in [3.63, 3.8) is 0 Å². The number of anilines is 1. The van der Waals surface area contributed by atoms with Crippen LogP contribution in [-0.4, -0.2) is 15.5 Å². The van der Waals surface area contributed by atoms with Crippen LogP contribution in [0.25, 0.3) is 5.52 Å². The standard InChI is InChI=1S/C15H13ClN4O/c16-12-5-4-10(15(17)21)7-13(12)18-8-11-9-19-20-6-2-1-3-14(11)20/h1-7,9,18H,8H2,(H2,17,21). The van der Waals surface area contributed by atoms with Gasteiger partial charge >= 0.3 is 0 Å². The summed E-state index contributed by atoms with van der Waals surface area (Å²) in [6.45, 7) is 0.551. The topological polar surface area (TPSA) is 72.4 Å². The number of nitrogens with two attached hydrogens (primary N) is 1. The largest absolute Gasteiger partial charge is 0.380 e. The molecule has 0 bridgehead atoms. The number of benzene rings is 1. The second-order valence-electron chi connectivity index (χ2n) is 4.61. The van der Waals surface area contributed by atoms with Crippen LogP contribution < -0.4 is 11.1 Å². The van der Waals surface area contributed by atoms with E-state index in [0.29, 0.717) is 22.8 Å². The van der Waals surface area contributed by atoms with Gasteiger partial charge in [0.05, 0.1) is 22.4 Å². The smallest absolute Gasteiger partial charge is 0.248 e. The van der Waals surface area contributed by atoms with E-state index in [4.69, 9.17) is 17.3 Å². The highest BCUT2D eigenvalue weighted by Crippen LogP contribution is 2.24. The summed E-state index contributed by atoms with van der Waals surface area (Å²) >= 11 is 6.12. The highest BCUT2D eigenvalue weighted by Gasteiger charge is 2.07. The summed E-state index contributed by atoms with van der Waals surface area (Å²) in [5, 5.41) is 8.02. The summed E-state index contributed by atoms with van der Waals surface area (Å²) < 4.78 is 1.80. The molecule has 0 aliphatic heterocycles. The molecule has 21 heavy (non-hydrogen) atoms. The molecular weight excluding hydrogens is 288 g/mol. The number of carbonyl (C=O) groups is 1. The Hall–Kier alpha value is -2.53. The lowest BCUT2D eigenvalue weighted by molar-refractivity contribution is 0.100. The van der Waals surface area contributed by atoms with E-state index in [1.807, 2.05) is 24.4 Å². The molecule has 3 rings (SSSR count). The molecule has 0 aliphatic rings. The molecule has 5 nitrogen and oxygen atoms in total. The number of halogens is 1. The minimum absolute atomic E-state index is 0.418. The maximum absolute atomic E-state index is 11.2. The van der Waals surface area contributed by atoms with Gasteiger partial charge in [0.25, 0.3) is 0 Å². The molecule has 2 heterocycles. The zero-order chi connectivity index (χ0) is 14.8. The van der Waals surface area contributed by atoms with E-state index in [0.717, 1.165) is 11.1 Å². The highest BCUT2D eigenvalue weighted by atomic mass is 35.5. The number of nitrogens with one attached hydrogen (secondary N) is 1. The van der Waals surface area contributed by atoms with Gasteiger partial charge in [-0.05, 0) is 30.3 Å². The Bertz CT molecular complexity index is 812. The molecule has 0 fully saturated rings. The first-order valence-corrected chi connectivity index (χ1v) is 6.77. The molecule has 0 radical (unpaired) electrons. The van der Waals surface area contributed by atoms with Crippen molar-refractivity contribution in [3.05, 3.63) is 64.9 Å². The number of pyridine rings is 1. The van der Waals surface area contributed by atoms with Gasteiger partial charge in [0.15, 0.2) is 0 Å². The summed E-state index contributed by atoms with van der Waals surface area (Å²) in [5.74, 6) is -0.481. The van der Waals surface area contributed by atoms with Crippen LogP contribution in [0.2, 0.25) is 5.02 Å². The summed E-state index contributed by atoms with van der Waals surface area (Å²) in [6.07, 6.45) is 3.69. The number of amides is 1. The Balaban J connectivity index is 1.84. The lowest BCUT2D eigenvalue weighted by Gasteiger charge is -2.09. The van der Waals surface area contributed by atoms with Crippen LogP contribution in [0.15, 0.2) is 48.8 Å². The molecule has 3 aromatic rings. The van der Waals surface area contributed by atoms with Gasteiger partial charge < -0.3 is 11.1 Å². The van der Waals surface area contributed by atoms with E-state index in [2.05, 4.69) is 10.4 Å². The molecule has 106 valence electrons. The first kappa shape index (κ1) is 13.5. The third kappa shape index (κ3) is 2.68. The second-order valence-corrected chi connectivity index (χ2v) is 5.02. The highest BCUT2D eigenvalue weighted by molar-refractivity contribution is 6.33. The van der Waals surface area contributed by atoms with Crippen LogP contribution in [0.3, 0.4) is 0 Å². The normalized spacial score (nSPS) is 10.7. The van der Waals surface area contributed by atoms with Crippen LogP contribution in [0.5, 0.6) is 0 Å². The molecule has 0 unspecified atom stereocenters. The van der Waals surface area contributed by atoms with Crippen LogP contribution in [-0.2, 0) is 6.54 Å². The fraction of sp³-hybridized carbons (Fsp3) is 0.0667. The lowest BCUT2D eigenvalue weighted by Crippen LogP contribution is -2.11. The van der Waals surface area contributed by atoms with Gasteiger partial charge in [-0.3, -0.25) is 4.79 Å². The first-order valence-electron chi connectivity index (χ1n) is 6.39. The monoisotopic (exact) mass is 300 g/mol. The first-order chi connectivity index (χ1) is 10.1. The SMILES string of the molecule is NC(=O)c1ccc(Cl)c(NCc2cnn3ccccc23)c1. The minimum Gasteiger partial charge on any atom is -0.380 e. The summed E-state index contributed by atoms with van der Waals surface area (Å²) in [5.41, 5.74) is 8.42. The van der Waals surface area contributed by atoms with Gasteiger partial charge in [-0.15, -0.1) is 0 Å². The van der Waals surface area contributed by atoms with Crippen LogP contribution in [0.4, 0.5) is 5.69 Å². The molecule has 1 amide bonds. The number of rotatable bonds is 4. The zero-order valence-electron chi connectivity index (χ0n) is 11.1. The van der Waals surface area contributed by atoms with Crippen molar-refractivity contribution in [2.75, 3.05) is 5.32 Å². The van der Waals surface area contributed by atoms with E-state index < -0.39 is 5.91 Å². The van der Waals surface area contributed by atoms with Gasteiger partial charge in [-0.2, -0.15) is 5.10 Å². The van der Waals surface area contributed by atoms with Crippen molar-refractivity contribution in [2.45, 2.75) is 6.54 Å². The molecule has 0 saturated heterocycles. The van der Waals surface area contributed by atoms with Gasteiger partial charge in [-0.1, -0.05) is 17.7 Å². The Morgan fingerprint density at radius 1 is 1.33 bits per heavy atom. The molecular formula is C15H13ClN4O. The van der Waals surface area contributed by atoms with Crippen molar-refractivity contribution in [1.82, 2.24) is 9.61 Å². The van der Waals surface area contributed by atoms with Crippen molar-refractivity contribution in [2.24, 2.45) is 5.73 Å². The third-order valence-electron chi connectivity index (χ3n) is 3.23. The molecule has 1 aromatic carbocycles. The molecule has 0 atom stereocenters. The molecule has 0 aliphatic carbocycles. The third-order valence-corrected chi connectivity index (χ3v) is 3.56. The van der Waals surface area contributed by atoms with Crippen molar-refractivity contribution in [1.29, 1.82) is 0 Å². The second kappa shape index (κ2) is 5.46. The Morgan fingerprint density at radius 3 is 3.00 bits per heavy atom. The lowest BCUT2D eigenvalue weighted by atomic mass is 10.2. The number of hydrogen-bond acceptors (Lipinski definition) is 3. The van der Waals surface area contributed by atoms with Crippen LogP contribution >= 0.6 is 11.6 Å². The molecule has 6 heteroatoms. The van der Waals surface area contributed by atoms with Crippen molar-refractivity contribution < 1.29 is 4.79 Å². The van der Waals surface area contributed by atoms with Crippen LogP contribution in [0, 0.1) is 0 Å². The van der Waals surface area contributed by atoms with E-state index >= 15 is 0 Å². The van der Waals surface area contributed by atoms with Crippen LogP contribution in [0.1, 0.15) is 15.9 Å². The molecule has 0 saturated carbocycles. The number of primary amides is 1. The Kier molecular flexibility index (Phi) is 3.50. The van der Waals surface area contributed by atoms with Crippen molar-refractivity contribution in [3.8, 4) is 0 Å². The number of fused-ring (bicyclic) bond motifs is 1. The number of carbonyl (C=O) groups excluding carboxylic acids is 1. The van der Waals surface area contributed by atoms with Gasteiger partial charge in [0.1, 0.15) is 0 Å². The van der Waals surface area contributed by atoms with Gasteiger partial charge in [0.2, 0.25) is 5.91 Å². The van der Waals surface area contributed by atoms with Crippen molar-refractivity contribution >= 4 is 28.7 Å². The maximum atomic E-state index is 11.2. The average Bonchev–Trinajstić information content (AvgIpc) is 2.89. The predicted octanol–water partition coefficient (Wildman–Crippen LogP) is 2.70. The van der Waals surface area contributed by atoms with Gasteiger partial charge in [-0.25, -0.2) is 4.52 Å². The predicted molar refractivity (Wildman–Crippen MR) is 82.5 cm³/mol. The van der Waals surface area contributed by atoms with E-state index in [1.54, 1.807) is 28.9 Å². The number of hydrogen-bond donors (Lipinski definition) is 2. The number of nitrogens with zero attached hydrogens (tertiary/aromatic N) is 2. The Labute approximate surface area is 126 Å². The fourth-order valence-electron chi connectivity index (χ4n) is 2.13. The summed E-state index contributed by atoms with van der Waals surface area (Å²) in [7, 11) is 0. The summed E-state index contributed by atoms with van der Waals surface area (Å²) in [4.78, 5) is 11.2. The quantitative estimate of drug-likeness (QED) is 0.778. The number of aromatic nitrogens is 2. The van der Waals surface area contributed by atoms with E-state index in [-0.39, 0.29) is 0 Å². The minimum atomic E-state index is -0.481. The van der Waals surface area contributed by atoms with E-state index in [9.17, 15) is 4.79 Å². The van der Waals surface area contributed by atoms with Gasteiger partial charge in [0, 0.05) is 23.9 Å². The maximum Gasteiger partial charge on any atom is 0.248 e. The van der Waals surface area contributed by atoms with E-state index in [1.165, 1.54) is 0 Å². The molecule has 0 spiro atoms. The molecule has 2 aromatic heterocycles. The fourth-order valence-corrected chi connectivity index (χ4v) is 2.31. The summed E-state index contributed by atoms with van der Waals surface area (Å²) in [6, 6.07) is 10.8.